The number of carbonyl (C=O) groups is 1. The van der Waals surface area contributed by atoms with Crippen LogP contribution in [-0.2, 0) is 11.2 Å². The number of likely N-dealkylation sites (tertiary alicyclic amines) is 1. The summed E-state index contributed by atoms with van der Waals surface area (Å²) in [5, 5.41) is 3.19. The van der Waals surface area contributed by atoms with Crippen LogP contribution in [0.1, 0.15) is 30.0 Å². The molecule has 148 valence electrons. The minimum atomic E-state index is -0.139. The highest BCUT2D eigenvalue weighted by molar-refractivity contribution is 5.79. The molecule has 0 aliphatic carbocycles. The lowest BCUT2D eigenvalue weighted by Crippen LogP contribution is -2.42. The Labute approximate surface area is 166 Å². The van der Waals surface area contributed by atoms with Crippen LogP contribution in [0.3, 0.4) is 0 Å². The third-order valence-electron chi connectivity index (χ3n) is 5.78. The summed E-state index contributed by atoms with van der Waals surface area (Å²) < 4.78 is 11.2. The third kappa shape index (κ3) is 4.14. The highest BCUT2D eigenvalue weighted by Gasteiger charge is 2.28. The number of nitrogens with one attached hydrogen (secondary N) is 1. The van der Waals surface area contributed by atoms with E-state index in [9.17, 15) is 4.79 Å². The molecule has 5 nitrogen and oxygen atoms in total. The Morgan fingerprint density at radius 3 is 2.86 bits per heavy atom. The van der Waals surface area contributed by atoms with Crippen molar-refractivity contribution in [2.75, 3.05) is 33.4 Å². The fourth-order valence-corrected chi connectivity index (χ4v) is 4.20. The molecule has 2 atom stereocenters. The number of rotatable bonds is 6. The van der Waals surface area contributed by atoms with Crippen LogP contribution in [0.5, 0.6) is 11.5 Å². The number of fused-ring (bicyclic) bond motifs is 1. The highest BCUT2D eigenvalue weighted by atomic mass is 16.5. The van der Waals surface area contributed by atoms with Gasteiger partial charge in [0.1, 0.15) is 18.1 Å². The summed E-state index contributed by atoms with van der Waals surface area (Å²) in [6.45, 7) is 3.18. The van der Waals surface area contributed by atoms with E-state index in [1.165, 1.54) is 18.4 Å². The van der Waals surface area contributed by atoms with Gasteiger partial charge in [0, 0.05) is 6.54 Å². The van der Waals surface area contributed by atoms with Crippen molar-refractivity contribution in [1.82, 2.24) is 10.2 Å². The third-order valence-corrected chi connectivity index (χ3v) is 5.78. The maximum atomic E-state index is 12.8. The summed E-state index contributed by atoms with van der Waals surface area (Å²) in [4.78, 5) is 15.3. The molecule has 2 aromatic rings. The molecule has 0 saturated carbocycles. The van der Waals surface area contributed by atoms with Crippen LogP contribution in [0, 0.1) is 5.92 Å². The van der Waals surface area contributed by atoms with Gasteiger partial charge in [0.25, 0.3) is 0 Å². The molecule has 2 heterocycles. The molecule has 1 amide bonds. The lowest BCUT2D eigenvalue weighted by Gasteiger charge is -2.30. The Hall–Kier alpha value is -2.53. The average molecular weight is 380 g/mol. The van der Waals surface area contributed by atoms with E-state index in [1.54, 1.807) is 7.11 Å². The van der Waals surface area contributed by atoms with Crippen LogP contribution in [0.2, 0.25) is 0 Å². The molecular formula is C23H28N2O3. The zero-order chi connectivity index (χ0) is 19.3. The molecule has 0 bridgehead atoms. The largest absolute Gasteiger partial charge is 0.497 e. The second kappa shape index (κ2) is 8.65. The predicted octanol–water partition coefficient (Wildman–Crippen LogP) is 3.20. The van der Waals surface area contributed by atoms with Gasteiger partial charge in [-0.3, -0.25) is 9.69 Å². The Morgan fingerprint density at radius 1 is 1.21 bits per heavy atom. The normalized spacial score (nSPS) is 20.1. The monoisotopic (exact) mass is 380 g/mol. The van der Waals surface area contributed by atoms with E-state index in [4.69, 9.17) is 9.47 Å². The number of nitrogens with zero attached hydrogens (tertiary/aromatic N) is 1. The SMILES string of the molecule is COc1cccc([C@@H](CNC(=O)[C@@H]2COc3ccccc3C2)N2CCCC2)c1. The Kier molecular flexibility index (Phi) is 5.81. The van der Waals surface area contributed by atoms with Crippen molar-refractivity contribution in [3.8, 4) is 11.5 Å². The predicted molar refractivity (Wildman–Crippen MR) is 109 cm³/mol. The topological polar surface area (TPSA) is 50.8 Å². The summed E-state index contributed by atoms with van der Waals surface area (Å²) >= 11 is 0. The van der Waals surface area contributed by atoms with Crippen molar-refractivity contribution in [2.45, 2.75) is 25.3 Å². The minimum Gasteiger partial charge on any atom is -0.497 e. The van der Waals surface area contributed by atoms with Gasteiger partial charge < -0.3 is 14.8 Å². The minimum absolute atomic E-state index is 0.0709. The Bertz CT molecular complexity index is 817. The number of amides is 1. The van der Waals surface area contributed by atoms with Crippen LogP contribution in [0.4, 0.5) is 0 Å². The van der Waals surface area contributed by atoms with E-state index >= 15 is 0 Å². The van der Waals surface area contributed by atoms with Gasteiger partial charge in [0.2, 0.25) is 5.91 Å². The Balaban J connectivity index is 1.43. The molecule has 0 spiro atoms. The summed E-state index contributed by atoms with van der Waals surface area (Å²) in [6, 6.07) is 16.3. The molecule has 2 aromatic carbocycles. The Morgan fingerprint density at radius 2 is 2.04 bits per heavy atom. The summed E-state index contributed by atoms with van der Waals surface area (Å²) in [6.07, 6.45) is 3.15. The van der Waals surface area contributed by atoms with Gasteiger partial charge in [-0.2, -0.15) is 0 Å². The second-order valence-corrected chi connectivity index (χ2v) is 7.60. The molecule has 1 N–H and O–H groups in total. The van der Waals surface area contributed by atoms with Crippen LogP contribution in [-0.4, -0.2) is 44.2 Å². The van der Waals surface area contributed by atoms with Crippen molar-refractivity contribution in [3.05, 3.63) is 59.7 Å². The zero-order valence-corrected chi connectivity index (χ0v) is 16.4. The maximum absolute atomic E-state index is 12.8. The highest BCUT2D eigenvalue weighted by Crippen LogP contribution is 2.29. The van der Waals surface area contributed by atoms with Crippen LogP contribution >= 0.6 is 0 Å². The molecule has 0 aromatic heterocycles. The van der Waals surface area contributed by atoms with Crippen molar-refractivity contribution in [1.29, 1.82) is 0 Å². The molecule has 28 heavy (non-hydrogen) atoms. The van der Waals surface area contributed by atoms with Crippen LogP contribution in [0.25, 0.3) is 0 Å². The smallest absolute Gasteiger partial charge is 0.226 e. The molecule has 0 unspecified atom stereocenters. The van der Waals surface area contributed by atoms with E-state index in [0.29, 0.717) is 13.2 Å². The van der Waals surface area contributed by atoms with Crippen LogP contribution in [0.15, 0.2) is 48.5 Å². The molecule has 5 heteroatoms. The second-order valence-electron chi connectivity index (χ2n) is 7.60. The van der Waals surface area contributed by atoms with Gasteiger partial charge in [-0.05, 0) is 61.7 Å². The molecule has 1 fully saturated rings. The van der Waals surface area contributed by atoms with E-state index in [1.807, 2.05) is 36.4 Å². The van der Waals surface area contributed by atoms with Crippen molar-refractivity contribution in [2.24, 2.45) is 5.92 Å². The fourth-order valence-electron chi connectivity index (χ4n) is 4.20. The fraction of sp³-hybridized carbons (Fsp3) is 0.435. The molecule has 2 aliphatic heterocycles. The van der Waals surface area contributed by atoms with Crippen LogP contribution < -0.4 is 14.8 Å². The van der Waals surface area contributed by atoms with Gasteiger partial charge in [0.15, 0.2) is 0 Å². The van der Waals surface area contributed by atoms with E-state index in [2.05, 4.69) is 22.3 Å². The van der Waals surface area contributed by atoms with Crippen molar-refractivity contribution < 1.29 is 14.3 Å². The van der Waals surface area contributed by atoms with E-state index in [-0.39, 0.29) is 17.9 Å². The lowest BCUT2D eigenvalue weighted by molar-refractivity contribution is -0.126. The first-order valence-electron chi connectivity index (χ1n) is 10.1. The first-order valence-corrected chi connectivity index (χ1v) is 10.1. The van der Waals surface area contributed by atoms with Gasteiger partial charge in [0.05, 0.1) is 19.1 Å². The molecular weight excluding hydrogens is 352 g/mol. The lowest BCUT2D eigenvalue weighted by atomic mass is 9.96. The number of ether oxygens (including phenoxy) is 2. The van der Waals surface area contributed by atoms with Crippen molar-refractivity contribution >= 4 is 5.91 Å². The maximum Gasteiger partial charge on any atom is 0.226 e. The number of methoxy groups -OCH3 is 1. The van der Waals surface area contributed by atoms with Gasteiger partial charge in [-0.15, -0.1) is 0 Å². The molecule has 1 saturated heterocycles. The van der Waals surface area contributed by atoms with Crippen molar-refractivity contribution in [3.63, 3.8) is 0 Å². The number of carbonyl (C=O) groups excluding carboxylic acids is 1. The molecule has 4 rings (SSSR count). The van der Waals surface area contributed by atoms with Gasteiger partial charge in [-0.1, -0.05) is 30.3 Å². The molecule has 0 radical (unpaired) electrons. The zero-order valence-electron chi connectivity index (χ0n) is 16.4. The van der Waals surface area contributed by atoms with Gasteiger partial charge >= 0.3 is 0 Å². The first-order chi connectivity index (χ1) is 13.7. The molecule has 2 aliphatic rings. The number of hydrogen-bond donors (Lipinski definition) is 1. The van der Waals surface area contributed by atoms with Gasteiger partial charge in [-0.25, -0.2) is 0 Å². The summed E-state index contributed by atoms with van der Waals surface area (Å²) in [5.41, 5.74) is 2.30. The average Bonchev–Trinajstić information content (AvgIpc) is 3.28. The van der Waals surface area contributed by atoms with E-state index < -0.39 is 0 Å². The number of hydrogen-bond acceptors (Lipinski definition) is 4. The number of para-hydroxylation sites is 1. The standard InChI is InChI=1S/C23H28N2O3/c1-27-20-9-6-8-17(14-20)21(25-11-4-5-12-25)15-24-23(26)19-13-18-7-2-3-10-22(18)28-16-19/h2-3,6-10,14,19,21H,4-5,11-13,15-16H2,1H3,(H,24,26)/t19-,21+/m0/s1. The van der Waals surface area contributed by atoms with E-state index in [0.717, 1.165) is 36.6 Å². The number of benzene rings is 2. The summed E-state index contributed by atoms with van der Waals surface area (Å²) in [5.74, 6) is 1.68. The summed E-state index contributed by atoms with van der Waals surface area (Å²) in [7, 11) is 1.69. The first kappa shape index (κ1) is 18.8. The quantitative estimate of drug-likeness (QED) is 0.836.